The van der Waals surface area contributed by atoms with Crippen molar-refractivity contribution >= 4 is 11.8 Å². The lowest BCUT2D eigenvalue weighted by Gasteiger charge is -2.29. The average molecular weight is 451 g/mol. The number of benzene rings is 2. The predicted molar refractivity (Wildman–Crippen MR) is 127 cm³/mol. The molecule has 0 aromatic heterocycles. The Morgan fingerprint density at radius 1 is 1.09 bits per heavy atom. The number of hydrogen-bond acceptors (Lipinski definition) is 5. The second kappa shape index (κ2) is 10.8. The molecule has 176 valence electrons. The zero-order valence-electron chi connectivity index (χ0n) is 19.3. The van der Waals surface area contributed by atoms with Gasteiger partial charge in [0.05, 0.1) is 7.11 Å². The highest BCUT2D eigenvalue weighted by Gasteiger charge is 2.45. The van der Waals surface area contributed by atoms with E-state index in [4.69, 9.17) is 10.5 Å². The van der Waals surface area contributed by atoms with Gasteiger partial charge in [-0.3, -0.25) is 14.5 Å². The molecule has 2 atom stereocenters. The van der Waals surface area contributed by atoms with Crippen molar-refractivity contribution in [3.63, 3.8) is 0 Å². The fraction of sp³-hybridized carbons (Fsp3) is 0.462. The minimum Gasteiger partial charge on any atom is -0.497 e. The fourth-order valence-electron chi connectivity index (χ4n) is 4.59. The molecule has 1 aliphatic heterocycles. The van der Waals surface area contributed by atoms with Gasteiger partial charge in [-0.05, 0) is 42.5 Å². The van der Waals surface area contributed by atoms with Crippen LogP contribution in [-0.2, 0) is 22.7 Å². The third-order valence-electron chi connectivity index (χ3n) is 6.50. The van der Waals surface area contributed by atoms with Crippen LogP contribution in [0.4, 0.5) is 0 Å². The van der Waals surface area contributed by atoms with Gasteiger partial charge in [0.2, 0.25) is 11.8 Å². The number of amides is 2. The van der Waals surface area contributed by atoms with Crippen LogP contribution < -0.4 is 15.8 Å². The van der Waals surface area contributed by atoms with Gasteiger partial charge in [0.1, 0.15) is 11.8 Å². The minimum atomic E-state index is -0.446. The molecule has 2 aliphatic rings. The largest absolute Gasteiger partial charge is 0.497 e. The van der Waals surface area contributed by atoms with Crippen LogP contribution in [0, 0.1) is 5.92 Å². The Bertz CT molecular complexity index is 948. The molecule has 1 aliphatic carbocycles. The summed E-state index contributed by atoms with van der Waals surface area (Å²) in [5.74, 6) is 0.919. The number of nitrogens with zero attached hydrogens (tertiary/aromatic N) is 2. The molecule has 1 heterocycles. The van der Waals surface area contributed by atoms with Crippen molar-refractivity contribution in [2.45, 2.75) is 44.4 Å². The summed E-state index contributed by atoms with van der Waals surface area (Å²) in [5, 5.41) is 2.90. The second-order valence-electron chi connectivity index (χ2n) is 8.99. The molecule has 2 aromatic carbocycles. The molecule has 4 rings (SSSR count). The Morgan fingerprint density at radius 3 is 2.52 bits per heavy atom. The highest BCUT2D eigenvalue weighted by molar-refractivity contribution is 5.90. The standard InChI is InChI=1S/C26H34N4O3/c1-33-23-9-5-8-20(14-23)17-29(16-19-6-3-2-4-7-19)22-15-24(25(31)28-13-12-27)30(18-22)26(32)21-10-11-21/h2-9,14,21-22,24H,10-13,15-18,27H2,1H3,(H,28,31). The van der Waals surface area contributed by atoms with Crippen molar-refractivity contribution < 1.29 is 14.3 Å². The van der Waals surface area contributed by atoms with E-state index in [0.717, 1.165) is 30.7 Å². The lowest BCUT2D eigenvalue weighted by molar-refractivity contribution is -0.139. The fourth-order valence-corrected chi connectivity index (χ4v) is 4.59. The number of carbonyl (C=O) groups is 2. The predicted octanol–water partition coefficient (Wildman–Crippen LogP) is 2.15. The SMILES string of the molecule is COc1cccc(CN(Cc2ccccc2)C2CC(C(=O)NCCN)N(C(=O)C3CC3)C2)c1. The molecule has 3 N–H and O–H groups in total. The van der Waals surface area contributed by atoms with Gasteiger partial charge in [-0.2, -0.15) is 0 Å². The Morgan fingerprint density at radius 2 is 1.82 bits per heavy atom. The van der Waals surface area contributed by atoms with Gasteiger partial charge >= 0.3 is 0 Å². The Kier molecular flexibility index (Phi) is 7.62. The summed E-state index contributed by atoms with van der Waals surface area (Å²) in [6.07, 6.45) is 2.47. The van der Waals surface area contributed by atoms with Crippen LogP contribution in [0.3, 0.4) is 0 Å². The van der Waals surface area contributed by atoms with E-state index in [2.05, 4.69) is 28.4 Å². The van der Waals surface area contributed by atoms with E-state index in [1.807, 2.05) is 41.3 Å². The summed E-state index contributed by atoms with van der Waals surface area (Å²) >= 11 is 0. The Hall–Kier alpha value is -2.90. The molecule has 33 heavy (non-hydrogen) atoms. The maximum atomic E-state index is 13.1. The summed E-state index contributed by atoms with van der Waals surface area (Å²) in [7, 11) is 1.67. The molecule has 7 heteroatoms. The molecule has 1 saturated heterocycles. The normalized spacial score (nSPS) is 20.2. The summed E-state index contributed by atoms with van der Waals surface area (Å²) in [4.78, 5) is 30.2. The van der Waals surface area contributed by atoms with Crippen LogP contribution in [0.1, 0.15) is 30.4 Å². The number of carbonyl (C=O) groups excluding carboxylic acids is 2. The zero-order valence-corrected chi connectivity index (χ0v) is 19.3. The van der Waals surface area contributed by atoms with Gasteiger partial charge in [-0.1, -0.05) is 42.5 Å². The topological polar surface area (TPSA) is 87.9 Å². The van der Waals surface area contributed by atoms with Crippen LogP contribution in [0.15, 0.2) is 54.6 Å². The first-order valence-electron chi connectivity index (χ1n) is 11.8. The van der Waals surface area contributed by atoms with E-state index in [0.29, 0.717) is 32.6 Å². The van der Waals surface area contributed by atoms with E-state index in [1.54, 1.807) is 7.11 Å². The molecule has 1 saturated carbocycles. The van der Waals surface area contributed by atoms with E-state index in [9.17, 15) is 9.59 Å². The number of nitrogens with one attached hydrogen (secondary N) is 1. The summed E-state index contributed by atoms with van der Waals surface area (Å²) in [5.41, 5.74) is 7.93. The van der Waals surface area contributed by atoms with E-state index in [1.165, 1.54) is 5.56 Å². The molecule has 0 radical (unpaired) electrons. The second-order valence-corrected chi connectivity index (χ2v) is 8.99. The monoisotopic (exact) mass is 450 g/mol. The van der Waals surface area contributed by atoms with E-state index in [-0.39, 0.29) is 23.8 Å². The molecular weight excluding hydrogens is 416 g/mol. The van der Waals surface area contributed by atoms with E-state index >= 15 is 0 Å². The molecule has 7 nitrogen and oxygen atoms in total. The van der Waals surface area contributed by atoms with Crippen LogP contribution in [0.25, 0.3) is 0 Å². The lowest BCUT2D eigenvalue weighted by Crippen LogP contribution is -2.47. The minimum absolute atomic E-state index is 0.0766. The molecule has 2 aromatic rings. The molecule has 2 amide bonds. The quantitative estimate of drug-likeness (QED) is 0.579. The summed E-state index contributed by atoms with van der Waals surface area (Å²) < 4.78 is 5.41. The first-order chi connectivity index (χ1) is 16.1. The van der Waals surface area contributed by atoms with Crippen LogP contribution >= 0.6 is 0 Å². The molecule has 2 unspecified atom stereocenters. The van der Waals surface area contributed by atoms with Crippen LogP contribution in [0.5, 0.6) is 5.75 Å². The third kappa shape index (κ3) is 5.92. The molecule has 0 spiro atoms. The Balaban J connectivity index is 1.57. The maximum Gasteiger partial charge on any atom is 0.242 e. The number of likely N-dealkylation sites (tertiary alicyclic amines) is 1. The zero-order chi connectivity index (χ0) is 23.2. The van der Waals surface area contributed by atoms with Gasteiger partial charge < -0.3 is 20.7 Å². The van der Waals surface area contributed by atoms with Gasteiger partial charge in [0.25, 0.3) is 0 Å². The third-order valence-corrected chi connectivity index (χ3v) is 6.50. The van der Waals surface area contributed by atoms with E-state index < -0.39 is 6.04 Å². The van der Waals surface area contributed by atoms with Crippen molar-refractivity contribution in [1.29, 1.82) is 0 Å². The number of nitrogens with two attached hydrogens (primary N) is 1. The highest BCUT2D eigenvalue weighted by atomic mass is 16.5. The number of rotatable bonds is 10. The summed E-state index contributed by atoms with van der Waals surface area (Å²) in [6.45, 7) is 2.81. The van der Waals surface area contributed by atoms with Gasteiger partial charge in [0, 0.05) is 44.7 Å². The van der Waals surface area contributed by atoms with Crippen LogP contribution in [-0.4, -0.2) is 60.4 Å². The number of ether oxygens (including phenoxy) is 1. The number of methoxy groups -OCH3 is 1. The van der Waals surface area contributed by atoms with Crippen molar-refractivity contribution in [2.75, 3.05) is 26.7 Å². The first-order valence-corrected chi connectivity index (χ1v) is 11.8. The average Bonchev–Trinajstić information content (AvgIpc) is 3.60. The molecule has 2 fully saturated rings. The summed E-state index contributed by atoms with van der Waals surface area (Å²) in [6, 6.07) is 18.0. The maximum absolute atomic E-state index is 13.1. The van der Waals surface area contributed by atoms with Crippen molar-refractivity contribution in [3.05, 3.63) is 65.7 Å². The lowest BCUT2D eigenvalue weighted by atomic mass is 10.1. The smallest absolute Gasteiger partial charge is 0.242 e. The molecular formula is C26H34N4O3. The van der Waals surface area contributed by atoms with Gasteiger partial charge in [-0.25, -0.2) is 0 Å². The number of hydrogen-bond donors (Lipinski definition) is 2. The highest BCUT2D eigenvalue weighted by Crippen LogP contribution is 2.35. The van der Waals surface area contributed by atoms with Crippen LogP contribution in [0.2, 0.25) is 0 Å². The van der Waals surface area contributed by atoms with Gasteiger partial charge in [-0.15, -0.1) is 0 Å². The van der Waals surface area contributed by atoms with Gasteiger partial charge in [0.15, 0.2) is 0 Å². The van der Waals surface area contributed by atoms with Crippen molar-refractivity contribution in [1.82, 2.24) is 15.1 Å². The van der Waals surface area contributed by atoms with Crippen molar-refractivity contribution in [3.8, 4) is 5.75 Å². The Labute approximate surface area is 195 Å². The van der Waals surface area contributed by atoms with Crippen molar-refractivity contribution in [2.24, 2.45) is 11.7 Å². The first kappa shape index (κ1) is 23.3. The molecule has 0 bridgehead atoms.